The molecule has 0 saturated heterocycles. The zero-order valence-electron chi connectivity index (χ0n) is 9.62. The number of aromatic nitrogens is 1. The van der Waals surface area contributed by atoms with E-state index in [0.29, 0.717) is 12.1 Å². The number of fused-ring (bicyclic) bond motifs is 1. The molecule has 0 radical (unpaired) electrons. The Morgan fingerprint density at radius 2 is 2.25 bits per heavy atom. The van der Waals surface area contributed by atoms with Gasteiger partial charge in [0.1, 0.15) is 5.52 Å². The maximum atomic E-state index is 11.7. The van der Waals surface area contributed by atoms with E-state index in [1.54, 1.807) is 4.57 Å². The number of nitrogens with one attached hydrogen (secondary N) is 1. The lowest BCUT2D eigenvalue weighted by Gasteiger charge is -2.05. The first-order valence-corrected chi connectivity index (χ1v) is 5.58. The normalized spacial score (nSPS) is 10.9. The first-order chi connectivity index (χ1) is 7.77. The molecule has 1 N–H and O–H groups in total. The third-order valence-electron chi connectivity index (χ3n) is 2.69. The summed E-state index contributed by atoms with van der Waals surface area (Å²) >= 11 is 0. The Morgan fingerprint density at radius 3 is 2.94 bits per heavy atom. The summed E-state index contributed by atoms with van der Waals surface area (Å²) in [4.78, 5) is 11.7. The molecule has 2 rings (SSSR count). The highest BCUT2D eigenvalue weighted by Crippen LogP contribution is 2.22. The minimum atomic E-state index is -0.272. The van der Waals surface area contributed by atoms with Crippen LogP contribution in [0.1, 0.15) is 19.8 Å². The van der Waals surface area contributed by atoms with E-state index in [1.807, 2.05) is 25.2 Å². The smallest absolute Gasteiger partial charge is 0.408 e. The molecule has 16 heavy (non-hydrogen) atoms. The highest BCUT2D eigenvalue weighted by Gasteiger charge is 2.11. The van der Waals surface area contributed by atoms with Gasteiger partial charge in [-0.25, -0.2) is 4.79 Å². The molecule has 4 heteroatoms. The Bertz CT molecular complexity index is 539. The van der Waals surface area contributed by atoms with Gasteiger partial charge in [0.25, 0.3) is 0 Å². The van der Waals surface area contributed by atoms with Crippen molar-refractivity contribution in [2.45, 2.75) is 26.3 Å². The van der Waals surface area contributed by atoms with Crippen molar-refractivity contribution in [3.8, 4) is 0 Å². The number of anilines is 1. The van der Waals surface area contributed by atoms with Crippen molar-refractivity contribution in [1.29, 1.82) is 0 Å². The monoisotopic (exact) mass is 220 g/mol. The molecule has 0 aliphatic rings. The van der Waals surface area contributed by atoms with Crippen LogP contribution in [0.15, 0.2) is 27.4 Å². The van der Waals surface area contributed by atoms with Gasteiger partial charge in [-0.05, 0) is 18.6 Å². The Hall–Kier alpha value is -1.71. The van der Waals surface area contributed by atoms with Crippen LogP contribution in [-0.2, 0) is 6.54 Å². The van der Waals surface area contributed by atoms with Gasteiger partial charge in [-0.2, -0.15) is 0 Å². The second-order valence-corrected chi connectivity index (χ2v) is 3.78. The van der Waals surface area contributed by atoms with Crippen LogP contribution in [0.3, 0.4) is 0 Å². The second-order valence-electron chi connectivity index (χ2n) is 3.78. The van der Waals surface area contributed by atoms with Crippen LogP contribution >= 0.6 is 0 Å². The van der Waals surface area contributed by atoms with Crippen LogP contribution in [0, 0.1) is 0 Å². The molecule has 0 aliphatic carbocycles. The van der Waals surface area contributed by atoms with Gasteiger partial charge in [-0.1, -0.05) is 19.4 Å². The Labute approximate surface area is 93.9 Å². The second kappa shape index (κ2) is 4.43. The van der Waals surface area contributed by atoms with Gasteiger partial charge in [-0.3, -0.25) is 4.57 Å². The first-order valence-electron chi connectivity index (χ1n) is 5.58. The summed E-state index contributed by atoms with van der Waals surface area (Å²) in [5.74, 6) is -0.272. The van der Waals surface area contributed by atoms with Crippen LogP contribution < -0.4 is 11.1 Å². The van der Waals surface area contributed by atoms with Crippen LogP contribution in [0.2, 0.25) is 0 Å². The van der Waals surface area contributed by atoms with Crippen molar-refractivity contribution in [1.82, 2.24) is 4.57 Å². The lowest BCUT2D eigenvalue weighted by molar-refractivity contribution is 0.496. The summed E-state index contributed by atoms with van der Waals surface area (Å²) in [5, 5.41) is 3.08. The number of rotatable bonds is 4. The quantitative estimate of drug-likeness (QED) is 0.860. The van der Waals surface area contributed by atoms with Gasteiger partial charge < -0.3 is 9.73 Å². The third-order valence-corrected chi connectivity index (χ3v) is 2.69. The zero-order chi connectivity index (χ0) is 11.5. The average Bonchev–Trinajstić information content (AvgIpc) is 2.62. The predicted molar refractivity (Wildman–Crippen MR) is 64.9 cm³/mol. The molecule has 1 aromatic heterocycles. The molecule has 0 amide bonds. The summed E-state index contributed by atoms with van der Waals surface area (Å²) < 4.78 is 6.91. The summed E-state index contributed by atoms with van der Waals surface area (Å²) in [6.45, 7) is 2.81. The van der Waals surface area contributed by atoms with Crippen molar-refractivity contribution >= 4 is 16.8 Å². The van der Waals surface area contributed by atoms with E-state index >= 15 is 0 Å². The maximum Gasteiger partial charge on any atom is 0.420 e. The van der Waals surface area contributed by atoms with Gasteiger partial charge in [0, 0.05) is 13.6 Å². The maximum absolute atomic E-state index is 11.7. The molecule has 0 bridgehead atoms. The summed E-state index contributed by atoms with van der Waals surface area (Å²) in [6, 6.07) is 5.64. The summed E-state index contributed by atoms with van der Waals surface area (Å²) in [7, 11) is 1.84. The number of oxazole rings is 1. The average molecular weight is 220 g/mol. The number of unbranched alkanes of at least 4 members (excludes halogenated alkanes) is 1. The minimum absolute atomic E-state index is 0.272. The number of nitrogens with zero attached hydrogens (tertiary/aromatic N) is 1. The van der Waals surface area contributed by atoms with E-state index in [9.17, 15) is 4.79 Å². The van der Waals surface area contributed by atoms with Crippen LogP contribution in [0.4, 0.5) is 5.69 Å². The lowest BCUT2D eigenvalue weighted by Crippen LogP contribution is -2.14. The Morgan fingerprint density at radius 1 is 1.44 bits per heavy atom. The summed E-state index contributed by atoms with van der Waals surface area (Å²) in [5.41, 5.74) is 2.44. The van der Waals surface area contributed by atoms with Crippen LogP contribution in [0.25, 0.3) is 11.1 Å². The van der Waals surface area contributed by atoms with E-state index in [4.69, 9.17) is 4.42 Å². The minimum Gasteiger partial charge on any atom is -0.408 e. The molecule has 4 nitrogen and oxygen atoms in total. The number of benzene rings is 1. The molecular formula is C12H16N2O2. The van der Waals surface area contributed by atoms with Gasteiger partial charge in [0.2, 0.25) is 0 Å². The van der Waals surface area contributed by atoms with Gasteiger partial charge in [0.15, 0.2) is 5.58 Å². The molecule has 86 valence electrons. The van der Waals surface area contributed by atoms with Gasteiger partial charge >= 0.3 is 5.76 Å². The van der Waals surface area contributed by atoms with Crippen LogP contribution in [0.5, 0.6) is 0 Å². The Kier molecular flexibility index (Phi) is 2.99. The molecule has 0 unspecified atom stereocenters. The van der Waals surface area contributed by atoms with Crippen molar-refractivity contribution < 1.29 is 4.42 Å². The fourth-order valence-corrected chi connectivity index (χ4v) is 1.84. The van der Waals surface area contributed by atoms with E-state index in [1.165, 1.54) is 0 Å². The van der Waals surface area contributed by atoms with Crippen molar-refractivity contribution in [2.24, 2.45) is 0 Å². The molecule has 0 aliphatic heterocycles. The molecule has 0 saturated carbocycles. The number of hydrogen-bond donors (Lipinski definition) is 1. The third kappa shape index (κ3) is 1.71. The standard InChI is InChI=1S/C12H16N2O2/c1-3-4-8-14-11-9(13-2)6-5-7-10(11)16-12(14)15/h5-7,13H,3-4,8H2,1-2H3. The number of para-hydroxylation sites is 1. The van der Waals surface area contributed by atoms with Crippen molar-refractivity contribution in [3.63, 3.8) is 0 Å². The van der Waals surface area contributed by atoms with E-state index < -0.39 is 0 Å². The topological polar surface area (TPSA) is 47.2 Å². The molecule has 0 spiro atoms. The number of hydrogen-bond acceptors (Lipinski definition) is 3. The molecule has 1 aromatic carbocycles. The summed E-state index contributed by atoms with van der Waals surface area (Å²) in [6.07, 6.45) is 2.04. The van der Waals surface area contributed by atoms with Gasteiger partial charge in [-0.15, -0.1) is 0 Å². The SMILES string of the molecule is CCCCn1c(=O)oc2cccc(NC)c21. The molecular weight excluding hydrogens is 204 g/mol. The van der Waals surface area contributed by atoms with E-state index in [0.717, 1.165) is 24.0 Å². The van der Waals surface area contributed by atoms with E-state index in [2.05, 4.69) is 12.2 Å². The molecule has 0 atom stereocenters. The highest BCUT2D eigenvalue weighted by molar-refractivity contribution is 5.86. The first kappa shape index (κ1) is 10.8. The fraction of sp³-hybridized carbons (Fsp3) is 0.417. The largest absolute Gasteiger partial charge is 0.420 e. The molecule has 0 fully saturated rings. The fourth-order valence-electron chi connectivity index (χ4n) is 1.84. The number of aryl methyl sites for hydroxylation is 1. The highest BCUT2D eigenvalue weighted by atomic mass is 16.4. The van der Waals surface area contributed by atoms with Gasteiger partial charge in [0.05, 0.1) is 5.69 Å². The van der Waals surface area contributed by atoms with Crippen molar-refractivity contribution in [2.75, 3.05) is 12.4 Å². The molecule has 2 aromatic rings. The molecule has 1 heterocycles. The predicted octanol–water partition coefficient (Wildman–Crippen LogP) is 2.44. The lowest BCUT2D eigenvalue weighted by atomic mass is 10.2. The van der Waals surface area contributed by atoms with Crippen molar-refractivity contribution in [3.05, 3.63) is 28.7 Å². The van der Waals surface area contributed by atoms with E-state index in [-0.39, 0.29) is 5.76 Å². The van der Waals surface area contributed by atoms with Crippen LogP contribution in [-0.4, -0.2) is 11.6 Å². The Balaban J connectivity index is 2.61. The zero-order valence-corrected chi connectivity index (χ0v) is 9.62.